The molecule has 33 heavy (non-hydrogen) atoms. The number of alkyl halides is 3. The standard InChI is InChI=1S/C23H19F4N5O/c1-3-13(2)14-6-10-17(11-7-14)28-21(33)20-30-22-29-18(15-4-8-16(24)9-5-15)12-19(23(25,26)27)32(22)31-20/h4-13H,3H2,1-2H3,(H,28,33). The minimum absolute atomic E-state index is 0.0742. The molecule has 2 aromatic heterocycles. The Hall–Kier alpha value is -3.82. The summed E-state index contributed by atoms with van der Waals surface area (Å²) in [7, 11) is 0. The van der Waals surface area contributed by atoms with Gasteiger partial charge in [-0.05, 0) is 60.4 Å². The van der Waals surface area contributed by atoms with Gasteiger partial charge in [0.15, 0.2) is 5.69 Å². The van der Waals surface area contributed by atoms with E-state index < -0.39 is 35.2 Å². The second kappa shape index (κ2) is 8.61. The van der Waals surface area contributed by atoms with Crippen molar-refractivity contribution in [2.75, 3.05) is 5.32 Å². The summed E-state index contributed by atoms with van der Waals surface area (Å²) in [6, 6.07) is 12.8. The monoisotopic (exact) mass is 457 g/mol. The van der Waals surface area contributed by atoms with E-state index in [0.717, 1.165) is 30.2 Å². The second-order valence-electron chi connectivity index (χ2n) is 7.56. The summed E-state index contributed by atoms with van der Waals surface area (Å²) in [4.78, 5) is 20.6. The van der Waals surface area contributed by atoms with Gasteiger partial charge in [-0.15, -0.1) is 5.10 Å². The van der Waals surface area contributed by atoms with Crippen molar-refractivity contribution >= 4 is 17.4 Å². The van der Waals surface area contributed by atoms with Gasteiger partial charge in [-0.2, -0.15) is 22.7 Å². The van der Waals surface area contributed by atoms with Crippen molar-refractivity contribution < 1.29 is 22.4 Å². The Bertz CT molecular complexity index is 1300. The zero-order valence-corrected chi connectivity index (χ0v) is 17.7. The van der Waals surface area contributed by atoms with Crippen LogP contribution in [0.25, 0.3) is 17.0 Å². The SMILES string of the molecule is CCC(C)c1ccc(NC(=O)c2nc3nc(-c4ccc(F)cc4)cc(C(F)(F)F)n3n2)cc1. The molecule has 0 aliphatic rings. The van der Waals surface area contributed by atoms with Crippen molar-refractivity contribution in [2.45, 2.75) is 32.4 Å². The second-order valence-corrected chi connectivity index (χ2v) is 7.56. The van der Waals surface area contributed by atoms with Gasteiger partial charge in [-0.3, -0.25) is 4.79 Å². The Labute approximate surface area is 186 Å². The van der Waals surface area contributed by atoms with Gasteiger partial charge in [0.25, 0.3) is 11.7 Å². The van der Waals surface area contributed by atoms with E-state index in [1.165, 1.54) is 12.1 Å². The number of carbonyl (C=O) groups is 1. The normalized spacial score (nSPS) is 12.7. The Balaban J connectivity index is 1.69. The molecular weight excluding hydrogens is 438 g/mol. The minimum atomic E-state index is -4.79. The molecule has 0 spiro atoms. The number of hydrogen-bond donors (Lipinski definition) is 1. The summed E-state index contributed by atoms with van der Waals surface area (Å²) in [5.41, 5.74) is 0.599. The van der Waals surface area contributed by atoms with Crippen LogP contribution in [0.4, 0.5) is 23.2 Å². The molecule has 2 aromatic carbocycles. The molecule has 1 N–H and O–H groups in total. The van der Waals surface area contributed by atoms with Crippen molar-refractivity contribution in [3.05, 3.63) is 77.5 Å². The molecule has 0 radical (unpaired) electrons. The highest BCUT2D eigenvalue weighted by molar-refractivity contribution is 6.01. The summed E-state index contributed by atoms with van der Waals surface area (Å²) in [6.07, 6.45) is -3.82. The minimum Gasteiger partial charge on any atom is -0.319 e. The fourth-order valence-electron chi connectivity index (χ4n) is 3.25. The molecule has 10 heteroatoms. The molecule has 0 aliphatic heterocycles. The first kappa shape index (κ1) is 22.4. The van der Waals surface area contributed by atoms with Crippen LogP contribution in [0, 0.1) is 5.82 Å². The van der Waals surface area contributed by atoms with Crippen LogP contribution in [-0.4, -0.2) is 25.5 Å². The highest BCUT2D eigenvalue weighted by Gasteiger charge is 2.36. The Morgan fingerprint density at radius 3 is 2.33 bits per heavy atom. The number of benzene rings is 2. The van der Waals surface area contributed by atoms with E-state index in [9.17, 15) is 22.4 Å². The molecule has 0 aliphatic carbocycles. The van der Waals surface area contributed by atoms with Gasteiger partial charge in [-0.25, -0.2) is 9.37 Å². The van der Waals surface area contributed by atoms with E-state index in [1.807, 2.05) is 12.1 Å². The molecule has 170 valence electrons. The van der Waals surface area contributed by atoms with Crippen LogP contribution in [0.15, 0.2) is 54.6 Å². The van der Waals surface area contributed by atoms with E-state index in [0.29, 0.717) is 16.1 Å². The smallest absolute Gasteiger partial charge is 0.319 e. The van der Waals surface area contributed by atoms with Crippen LogP contribution in [0.3, 0.4) is 0 Å². The number of anilines is 1. The lowest BCUT2D eigenvalue weighted by Gasteiger charge is -2.10. The third kappa shape index (κ3) is 4.69. The van der Waals surface area contributed by atoms with E-state index in [1.54, 1.807) is 12.1 Å². The van der Waals surface area contributed by atoms with Gasteiger partial charge < -0.3 is 5.32 Å². The van der Waals surface area contributed by atoms with Crippen LogP contribution in [-0.2, 0) is 6.18 Å². The van der Waals surface area contributed by atoms with Gasteiger partial charge in [0, 0.05) is 11.3 Å². The number of amides is 1. The average Bonchev–Trinajstić information content (AvgIpc) is 3.22. The maximum atomic E-state index is 13.7. The first-order chi connectivity index (χ1) is 15.7. The number of hydrogen-bond acceptors (Lipinski definition) is 4. The summed E-state index contributed by atoms with van der Waals surface area (Å²) < 4.78 is 54.8. The molecule has 4 rings (SSSR count). The van der Waals surface area contributed by atoms with Crippen LogP contribution < -0.4 is 5.32 Å². The zero-order valence-electron chi connectivity index (χ0n) is 17.7. The lowest BCUT2D eigenvalue weighted by molar-refractivity contribution is -0.142. The largest absolute Gasteiger partial charge is 0.433 e. The summed E-state index contributed by atoms with van der Waals surface area (Å²) in [5.74, 6) is -1.81. The molecule has 0 saturated carbocycles. The third-order valence-corrected chi connectivity index (χ3v) is 5.30. The Morgan fingerprint density at radius 2 is 1.73 bits per heavy atom. The number of nitrogens with zero attached hydrogens (tertiary/aromatic N) is 4. The number of rotatable bonds is 5. The van der Waals surface area contributed by atoms with Gasteiger partial charge in [0.1, 0.15) is 5.82 Å². The zero-order chi connectivity index (χ0) is 23.8. The molecule has 1 unspecified atom stereocenters. The molecule has 2 heterocycles. The number of fused-ring (bicyclic) bond motifs is 1. The molecule has 1 atom stereocenters. The maximum absolute atomic E-state index is 13.7. The predicted octanol–water partition coefficient (Wildman–Crippen LogP) is 5.72. The third-order valence-electron chi connectivity index (χ3n) is 5.30. The Morgan fingerprint density at radius 1 is 1.06 bits per heavy atom. The van der Waals surface area contributed by atoms with Gasteiger partial charge in [-0.1, -0.05) is 26.0 Å². The van der Waals surface area contributed by atoms with E-state index in [-0.39, 0.29) is 11.3 Å². The van der Waals surface area contributed by atoms with Crippen LogP contribution >= 0.6 is 0 Å². The first-order valence-corrected chi connectivity index (χ1v) is 10.2. The van der Waals surface area contributed by atoms with E-state index in [2.05, 4.69) is 34.2 Å². The van der Waals surface area contributed by atoms with Gasteiger partial charge >= 0.3 is 6.18 Å². The molecular formula is C23H19F4N5O. The highest BCUT2D eigenvalue weighted by atomic mass is 19.4. The van der Waals surface area contributed by atoms with Crippen LogP contribution in [0.5, 0.6) is 0 Å². The van der Waals surface area contributed by atoms with E-state index >= 15 is 0 Å². The summed E-state index contributed by atoms with van der Waals surface area (Å²) in [6.45, 7) is 4.15. The number of nitrogens with one attached hydrogen (secondary N) is 1. The lowest BCUT2D eigenvalue weighted by Crippen LogP contribution is -2.16. The molecule has 1 amide bonds. The van der Waals surface area contributed by atoms with Crippen molar-refractivity contribution in [3.8, 4) is 11.3 Å². The molecule has 4 aromatic rings. The quantitative estimate of drug-likeness (QED) is 0.390. The molecule has 0 saturated heterocycles. The first-order valence-electron chi connectivity index (χ1n) is 10.2. The molecule has 0 bridgehead atoms. The fraction of sp³-hybridized carbons (Fsp3) is 0.217. The fourth-order valence-corrected chi connectivity index (χ4v) is 3.25. The van der Waals surface area contributed by atoms with Gasteiger partial charge in [0.2, 0.25) is 5.82 Å². The molecule has 6 nitrogen and oxygen atoms in total. The summed E-state index contributed by atoms with van der Waals surface area (Å²) >= 11 is 0. The van der Waals surface area contributed by atoms with Crippen LogP contribution in [0.2, 0.25) is 0 Å². The van der Waals surface area contributed by atoms with E-state index in [4.69, 9.17) is 0 Å². The predicted molar refractivity (Wildman–Crippen MR) is 114 cm³/mol. The van der Waals surface area contributed by atoms with Crippen molar-refractivity contribution in [2.24, 2.45) is 0 Å². The van der Waals surface area contributed by atoms with Crippen molar-refractivity contribution in [1.82, 2.24) is 19.6 Å². The van der Waals surface area contributed by atoms with Gasteiger partial charge in [0.05, 0.1) is 5.69 Å². The van der Waals surface area contributed by atoms with Crippen molar-refractivity contribution in [3.63, 3.8) is 0 Å². The number of carbonyl (C=O) groups excluding carboxylic acids is 1. The van der Waals surface area contributed by atoms with Crippen LogP contribution in [0.1, 0.15) is 48.1 Å². The topological polar surface area (TPSA) is 72.2 Å². The molecule has 0 fully saturated rings. The maximum Gasteiger partial charge on any atom is 0.433 e. The van der Waals surface area contributed by atoms with Crippen molar-refractivity contribution in [1.29, 1.82) is 0 Å². The number of halogens is 4. The highest BCUT2D eigenvalue weighted by Crippen LogP contribution is 2.32. The Kier molecular flexibility index (Phi) is 5.84. The summed E-state index contributed by atoms with van der Waals surface area (Å²) in [5, 5.41) is 6.32. The average molecular weight is 457 g/mol. The number of aromatic nitrogens is 4. The lowest BCUT2D eigenvalue weighted by atomic mass is 9.99.